The molecule has 0 saturated heterocycles. The Morgan fingerprint density at radius 2 is 1.64 bits per heavy atom. The number of benzene rings is 3. The first-order valence-electron chi connectivity index (χ1n) is 10.0. The van der Waals surface area contributed by atoms with Crippen LogP contribution in [0.25, 0.3) is 38.4 Å². The van der Waals surface area contributed by atoms with Crippen molar-refractivity contribution in [3.63, 3.8) is 0 Å². The van der Waals surface area contributed by atoms with Crippen LogP contribution in [0, 0.1) is 20.8 Å². The molecule has 3 heterocycles. The van der Waals surface area contributed by atoms with Crippen LogP contribution in [0.15, 0.2) is 54.7 Å². The summed E-state index contributed by atoms with van der Waals surface area (Å²) in [6.45, 7) is 6.65. The number of rotatable bonds is 1. The zero-order valence-corrected chi connectivity index (χ0v) is 16.5. The number of nitrogens with zero attached hydrogens (tertiary/aromatic N) is 2. The van der Waals surface area contributed by atoms with Gasteiger partial charge in [0.25, 0.3) is 0 Å². The molecule has 2 heteroatoms. The third-order valence-corrected chi connectivity index (χ3v) is 6.48. The fraction of sp³-hybridized carbons (Fsp3) is 0.192. The molecule has 0 atom stereocenters. The molecule has 1 aliphatic heterocycles. The van der Waals surface area contributed by atoms with Crippen LogP contribution in [0.1, 0.15) is 27.9 Å². The molecular formula is C26H22N2. The van der Waals surface area contributed by atoms with Gasteiger partial charge < -0.3 is 0 Å². The molecule has 0 bridgehead atoms. The van der Waals surface area contributed by atoms with Gasteiger partial charge in [-0.25, -0.2) is 4.98 Å². The number of hydrogen-bond acceptors (Lipinski definition) is 1. The van der Waals surface area contributed by atoms with Crippen molar-refractivity contribution in [1.82, 2.24) is 9.38 Å². The van der Waals surface area contributed by atoms with E-state index in [-0.39, 0.29) is 0 Å². The molecule has 28 heavy (non-hydrogen) atoms. The summed E-state index contributed by atoms with van der Waals surface area (Å²) in [6.07, 6.45) is 4.23. The van der Waals surface area contributed by atoms with Crippen molar-refractivity contribution in [2.24, 2.45) is 0 Å². The summed E-state index contributed by atoms with van der Waals surface area (Å²) in [4.78, 5) is 4.83. The third kappa shape index (κ3) is 1.95. The smallest absolute Gasteiger partial charge is 0.145 e. The largest absolute Gasteiger partial charge is 0.296 e. The summed E-state index contributed by atoms with van der Waals surface area (Å²) in [5, 5.41) is 3.95. The number of imidazole rings is 1. The summed E-state index contributed by atoms with van der Waals surface area (Å²) < 4.78 is 2.40. The molecule has 6 rings (SSSR count). The zero-order valence-electron chi connectivity index (χ0n) is 16.5. The van der Waals surface area contributed by atoms with Crippen molar-refractivity contribution in [3.05, 3.63) is 82.7 Å². The molecule has 0 fully saturated rings. The molecule has 0 saturated carbocycles. The van der Waals surface area contributed by atoms with Gasteiger partial charge in [-0.3, -0.25) is 4.40 Å². The molecule has 0 unspecified atom stereocenters. The predicted molar refractivity (Wildman–Crippen MR) is 117 cm³/mol. The summed E-state index contributed by atoms with van der Waals surface area (Å²) in [7, 11) is 0. The van der Waals surface area contributed by atoms with E-state index in [0.29, 0.717) is 0 Å². The minimum absolute atomic E-state index is 1.07. The van der Waals surface area contributed by atoms with Crippen molar-refractivity contribution in [2.45, 2.75) is 33.6 Å². The summed E-state index contributed by atoms with van der Waals surface area (Å²) in [5.41, 5.74) is 11.9. The Labute approximate surface area is 164 Å². The van der Waals surface area contributed by atoms with Gasteiger partial charge in [0.1, 0.15) is 5.65 Å². The SMILES string of the molecule is Cc1cccc(C)c1-c1ccc2c(c1)c1c(C)ccc3c1n1c(cnc21)CC3. The highest BCUT2D eigenvalue weighted by Crippen LogP contribution is 2.39. The van der Waals surface area contributed by atoms with Gasteiger partial charge in [-0.2, -0.15) is 0 Å². The van der Waals surface area contributed by atoms with Crippen molar-refractivity contribution in [2.75, 3.05) is 0 Å². The lowest BCUT2D eigenvalue weighted by Gasteiger charge is -2.20. The Kier molecular flexibility index (Phi) is 3.09. The quantitative estimate of drug-likeness (QED) is 0.318. The van der Waals surface area contributed by atoms with E-state index in [4.69, 9.17) is 4.98 Å². The Bertz CT molecular complexity index is 1420. The lowest BCUT2D eigenvalue weighted by atomic mass is 9.91. The first-order chi connectivity index (χ1) is 13.6. The van der Waals surface area contributed by atoms with E-state index < -0.39 is 0 Å². The van der Waals surface area contributed by atoms with Crippen molar-refractivity contribution < 1.29 is 0 Å². The monoisotopic (exact) mass is 362 g/mol. The molecule has 136 valence electrons. The predicted octanol–water partition coefficient (Wildman–Crippen LogP) is 6.33. The lowest BCUT2D eigenvalue weighted by Crippen LogP contribution is -2.07. The minimum atomic E-state index is 1.07. The van der Waals surface area contributed by atoms with Crippen LogP contribution in [0.3, 0.4) is 0 Å². The Morgan fingerprint density at radius 1 is 0.821 bits per heavy atom. The fourth-order valence-electron chi connectivity index (χ4n) is 5.17. The highest BCUT2D eigenvalue weighted by atomic mass is 15.0. The maximum absolute atomic E-state index is 4.83. The second-order valence-electron chi connectivity index (χ2n) is 8.20. The Balaban J connectivity index is 1.83. The van der Waals surface area contributed by atoms with E-state index in [9.17, 15) is 0 Å². The fourth-order valence-corrected chi connectivity index (χ4v) is 5.17. The van der Waals surface area contributed by atoms with Crippen LogP contribution in [0.4, 0.5) is 0 Å². The second kappa shape index (κ2) is 5.45. The molecule has 2 nitrogen and oxygen atoms in total. The molecule has 3 aromatic carbocycles. The van der Waals surface area contributed by atoms with E-state index in [0.717, 1.165) is 18.5 Å². The summed E-state index contributed by atoms with van der Waals surface area (Å²) in [6, 6.07) is 18.1. The van der Waals surface area contributed by atoms with Gasteiger partial charge in [0.2, 0.25) is 0 Å². The average molecular weight is 362 g/mol. The Morgan fingerprint density at radius 3 is 2.46 bits per heavy atom. The second-order valence-corrected chi connectivity index (χ2v) is 8.20. The lowest BCUT2D eigenvalue weighted by molar-refractivity contribution is 0.876. The summed E-state index contributed by atoms with van der Waals surface area (Å²) >= 11 is 0. The number of hydrogen-bond donors (Lipinski definition) is 0. The van der Waals surface area contributed by atoms with E-state index in [1.54, 1.807) is 0 Å². The molecular weight excluding hydrogens is 340 g/mol. The molecule has 0 aliphatic carbocycles. The van der Waals surface area contributed by atoms with Gasteiger partial charge in [0.05, 0.1) is 5.52 Å². The van der Waals surface area contributed by atoms with Crippen LogP contribution in [0.2, 0.25) is 0 Å². The third-order valence-electron chi connectivity index (χ3n) is 6.48. The van der Waals surface area contributed by atoms with Crippen molar-refractivity contribution in [1.29, 1.82) is 0 Å². The maximum Gasteiger partial charge on any atom is 0.145 e. The topological polar surface area (TPSA) is 17.3 Å². The van der Waals surface area contributed by atoms with Crippen molar-refractivity contribution >= 4 is 27.3 Å². The standard InChI is InChI=1S/C26H22N2/c1-15-5-4-6-16(2)23(15)19-10-12-21-22(13-19)24-17(3)7-8-18-9-11-20-14-27-26(21)28(20)25(18)24/h4-8,10,12-14H,9,11H2,1-3H3. The van der Waals surface area contributed by atoms with Gasteiger partial charge in [-0.1, -0.05) is 36.4 Å². The van der Waals surface area contributed by atoms with Crippen LogP contribution >= 0.6 is 0 Å². The van der Waals surface area contributed by atoms with Crippen LogP contribution < -0.4 is 0 Å². The van der Waals surface area contributed by atoms with Gasteiger partial charge in [-0.05, 0) is 84.5 Å². The highest BCUT2D eigenvalue weighted by Gasteiger charge is 2.21. The van der Waals surface area contributed by atoms with E-state index >= 15 is 0 Å². The number of pyridine rings is 1. The maximum atomic E-state index is 4.83. The number of aryl methyl sites for hydroxylation is 5. The number of aromatic nitrogens is 2. The zero-order chi connectivity index (χ0) is 19.0. The minimum Gasteiger partial charge on any atom is -0.296 e. The van der Waals surface area contributed by atoms with Gasteiger partial charge in [0.15, 0.2) is 0 Å². The van der Waals surface area contributed by atoms with E-state index in [2.05, 4.69) is 79.9 Å². The van der Waals surface area contributed by atoms with Crippen molar-refractivity contribution in [3.8, 4) is 11.1 Å². The highest BCUT2D eigenvalue weighted by molar-refractivity contribution is 6.15. The van der Waals surface area contributed by atoms with Gasteiger partial charge >= 0.3 is 0 Å². The first kappa shape index (κ1) is 15.9. The van der Waals surface area contributed by atoms with E-state index in [1.165, 1.54) is 60.8 Å². The Hall–Kier alpha value is -3.13. The van der Waals surface area contributed by atoms with Gasteiger partial charge in [-0.15, -0.1) is 0 Å². The van der Waals surface area contributed by atoms with E-state index in [1.807, 2.05) is 0 Å². The summed E-state index contributed by atoms with van der Waals surface area (Å²) in [5.74, 6) is 0. The van der Waals surface area contributed by atoms with Gasteiger partial charge in [0, 0.05) is 22.7 Å². The first-order valence-corrected chi connectivity index (χ1v) is 10.0. The molecule has 0 spiro atoms. The normalized spacial score (nSPS) is 13.2. The molecule has 0 N–H and O–H groups in total. The number of fused-ring (bicyclic) bond motifs is 3. The average Bonchev–Trinajstić information content (AvgIpc) is 3.13. The molecule has 2 aromatic heterocycles. The molecule has 1 aliphatic rings. The van der Waals surface area contributed by atoms with Crippen LogP contribution in [-0.2, 0) is 12.8 Å². The van der Waals surface area contributed by atoms with Crippen LogP contribution in [-0.4, -0.2) is 9.38 Å². The molecule has 0 amide bonds. The van der Waals surface area contributed by atoms with Crippen LogP contribution in [0.5, 0.6) is 0 Å². The molecule has 0 radical (unpaired) electrons. The molecule has 5 aromatic rings.